The number of aromatic nitrogens is 2. The zero-order chi connectivity index (χ0) is 18.6. The topological polar surface area (TPSA) is 149 Å². The lowest BCUT2D eigenvalue weighted by Crippen LogP contribution is -2.37. The molecule has 1 aromatic heterocycles. The molecule has 0 saturated heterocycles. The lowest BCUT2D eigenvalue weighted by molar-refractivity contribution is 0.324. The van der Waals surface area contributed by atoms with Crippen LogP contribution >= 0.6 is 10.5 Å². The molecule has 1 aromatic rings. The van der Waals surface area contributed by atoms with Crippen LogP contribution in [0.4, 0.5) is 5.95 Å². The van der Waals surface area contributed by atoms with Gasteiger partial charge in [0.05, 0.1) is 7.11 Å². The summed E-state index contributed by atoms with van der Waals surface area (Å²) in [7, 11) is -4.08. The van der Waals surface area contributed by atoms with Gasteiger partial charge >= 0.3 is 0 Å². The molecule has 134 valence electrons. The first-order valence-electron chi connectivity index (χ1n) is 6.79. The summed E-state index contributed by atoms with van der Waals surface area (Å²) in [5, 5.41) is 3.04. The Morgan fingerprint density at radius 2 is 2.00 bits per heavy atom. The van der Waals surface area contributed by atoms with Gasteiger partial charge in [-0.25, -0.2) is 14.8 Å². The first kappa shape index (κ1) is 18.6. The molecule has 0 fully saturated rings. The molecule has 0 amide bonds. The highest BCUT2D eigenvalue weighted by molar-refractivity contribution is 8.20. The number of hydrazine groups is 1. The number of hydrogen-bond acceptors (Lipinski definition) is 7. The summed E-state index contributed by atoms with van der Waals surface area (Å²) in [5.41, 5.74) is 12.0. The third-order valence-corrected chi connectivity index (χ3v) is 5.63. The van der Waals surface area contributed by atoms with Gasteiger partial charge in [0.15, 0.2) is 10.3 Å². The van der Waals surface area contributed by atoms with E-state index in [9.17, 15) is 13.2 Å². The third kappa shape index (κ3) is 4.44. The van der Waals surface area contributed by atoms with Gasteiger partial charge in [-0.3, -0.25) is 10.9 Å². The molecule has 0 radical (unpaired) electrons. The van der Waals surface area contributed by atoms with E-state index in [4.69, 9.17) is 10.5 Å². The fourth-order valence-electron chi connectivity index (χ4n) is 1.92. The fraction of sp³-hybridized carbons (Fsp3) is 0.231. The first-order chi connectivity index (χ1) is 11.8. The molecule has 2 rings (SSSR count). The molecule has 1 unspecified atom stereocenters. The lowest BCUT2D eigenvalue weighted by atomic mass is 10.4. The standard InChI is InChI=1S/C13H16N6O4S2/c1-8-6-9(2)16-13(15-8)18-17-12(14)19-25(21,22)10-4-5-24(7-20)11(10)23-3/h4-6H,1-3H3,(H3,14,17,19)(H,15,16,18). The van der Waals surface area contributed by atoms with Gasteiger partial charge in [0.2, 0.25) is 11.9 Å². The van der Waals surface area contributed by atoms with Crippen LogP contribution in [0.25, 0.3) is 0 Å². The Morgan fingerprint density at radius 3 is 2.56 bits per heavy atom. The second-order valence-electron chi connectivity index (χ2n) is 4.76. The van der Waals surface area contributed by atoms with Crippen LogP contribution in [-0.2, 0) is 19.6 Å². The van der Waals surface area contributed by atoms with Gasteiger partial charge < -0.3 is 10.5 Å². The van der Waals surface area contributed by atoms with Crippen molar-refractivity contribution in [1.82, 2.24) is 15.4 Å². The zero-order valence-corrected chi connectivity index (χ0v) is 15.2. The highest BCUT2D eigenvalue weighted by Gasteiger charge is 2.27. The van der Waals surface area contributed by atoms with E-state index in [2.05, 4.69) is 25.2 Å². The smallest absolute Gasteiger partial charge is 0.289 e. The number of guanidine groups is 1. The van der Waals surface area contributed by atoms with E-state index in [1.165, 1.54) is 18.6 Å². The van der Waals surface area contributed by atoms with Crippen molar-refractivity contribution in [2.24, 2.45) is 10.1 Å². The number of ether oxygens (including phenoxy) is 1. The largest absolute Gasteiger partial charge is 0.489 e. The van der Waals surface area contributed by atoms with Gasteiger partial charge in [0.1, 0.15) is 4.91 Å². The molecule has 2 heterocycles. The summed E-state index contributed by atoms with van der Waals surface area (Å²) < 4.78 is 33.0. The molecule has 0 aliphatic carbocycles. The average molecular weight is 384 g/mol. The van der Waals surface area contributed by atoms with Crippen molar-refractivity contribution in [2.75, 3.05) is 12.5 Å². The molecule has 0 aromatic carbocycles. The SMILES string of the molecule is COC1=C(S(=O)(=O)N=C(N)NNc2nc(C)cc(C)n2)C=CS1=C=O. The molecular formula is C13H16N6O4S2. The number of sulfonamides is 1. The number of rotatable bonds is 5. The monoisotopic (exact) mass is 384 g/mol. The van der Waals surface area contributed by atoms with Crippen molar-refractivity contribution in [3.05, 3.63) is 38.9 Å². The molecule has 4 N–H and O–H groups in total. The van der Waals surface area contributed by atoms with Crippen molar-refractivity contribution in [3.8, 4) is 0 Å². The van der Waals surface area contributed by atoms with Crippen LogP contribution in [0.15, 0.2) is 31.9 Å². The van der Waals surface area contributed by atoms with E-state index in [-0.39, 0.29) is 15.9 Å². The Morgan fingerprint density at radius 1 is 1.36 bits per heavy atom. The molecule has 1 atom stereocenters. The number of aryl methyl sites for hydroxylation is 2. The molecule has 1 aliphatic heterocycles. The number of nitrogens with zero attached hydrogens (tertiary/aromatic N) is 3. The molecule has 12 heteroatoms. The number of nitrogens with two attached hydrogens (primary N) is 1. The minimum atomic E-state index is -4.17. The normalized spacial score (nSPS) is 17.4. The minimum Gasteiger partial charge on any atom is -0.489 e. The number of hydrogen-bond donors (Lipinski definition) is 3. The number of nitrogens with one attached hydrogen (secondary N) is 2. The Bertz CT molecular complexity index is 925. The van der Waals surface area contributed by atoms with Crippen LogP contribution in [0.1, 0.15) is 11.4 Å². The first-order valence-corrected chi connectivity index (χ1v) is 9.51. The summed E-state index contributed by atoms with van der Waals surface area (Å²) in [5.74, 6) is -0.219. The Balaban J connectivity index is 2.21. The molecule has 10 nitrogen and oxygen atoms in total. The number of carbonyl (C=O) groups excluding carboxylic acids is 1. The Labute approximate surface area is 146 Å². The van der Waals surface area contributed by atoms with Crippen LogP contribution in [-0.4, -0.2) is 36.7 Å². The Kier molecular flexibility index (Phi) is 5.57. The molecule has 25 heavy (non-hydrogen) atoms. The summed E-state index contributed by atoms with van der Waals surface area (Å²) in [4.78, 5) is 18.8. The van der Waals surface area contributed by atoms with Crippen LogP contribution in [0.2, 0.25) is 0 Å². The maximum atomic E-state index is 12.3. The maximum absolute atomic E-state index is 12.3. The van der Waals surface area contributed by atoms with E-state index in [0.717, 1.165) is 11.4 Å². The highest BCUT2D eigenvalue weighted by Crippen LogP contribution is 2.38. The van der Waals surface area contributed by atoms with Crippen LogP contribution < -0.4 is 16.6 Å². The van der Waals surface area contributed by atoms with Gasteiger partial charge in [-0.05, 0) is 41.9 Å². The molecule has 0 bridgehead atoms. The summed E-state index contributed by atoms with van der Waals surface area (Å²) in [6.07, 6.45) is 1.24. The van der Waals surface area contributed by atoms with Crippen molar-refractivity contribution in [1.29, 1.82) is 0 Å². The van der Waals surface area contributed by atoms with Gasteiger partial charge in [0.25, 0.3) is 10.0 Å². The van der Waals surface area contributed by atoms with E-state index in [1.807, 2.05) is 0 Å². The second-order valence-corrected chi connectivity index (χ2v) is 7.81. The quantitative estimate of drug-likeness (QED) is 0.282. The van der Waals surface area contributed by atoms with Gasteiger partial charge in [-0.1, -0.05) is 0 Å². The van der Waals surface area contributed by atoms with Gasteiger partial charge in [-0.2, -0.15) is 8.42 Å². The minimum absolute atomic E-state index is 0.0304. The average Bonchev–Trinajstić information content (AvgIpc) is 2.95. The van der Waals surface area contributed by atoms with Crippen molar-refractivity contribution in [2.45, 2.75) is 13.8 Å². The molecule has 0 saturated carbocycles. The summed E-state index contributed by atoms with van der Waals surface area (Å²) >= 11 is 0. The Hall–Kier alpha value is -2.69. The summed E-state index contributed by atoms with van der Waals surface area (Å²) in [6, 6.07) is 1.78. The molecule has 0 spiro atoms. The predicted molar refractivity (Wildman–Crippen MR) is 95.3 cm³/mol. The van der Waals surface area contributed by atoms with Crippen LogP contribution in [0, 0.1) is 13.8 Å². The number of allylic oxidation sites excluding steroid dienone is 1. The van der Waals surface area contributed by atoms with Crippen LogP contribution in [0.3, 0.4) is 0 Å². The highest BCUT2D eigenvalue weighted by atomic mass is 32.2. The predicted octanol–water partition coefficient (Wildman–Crippen LogP) is 0.333. The number of methoxy groups -OCH3 is 1. The van der Waals surface area contributed by atoms with E-state index in [1.54, 1.807) is 25.1 Å². The van der Waals surface area contributed by atoms with Crippen molar-refractivity contribution >= 4 is 37.6 Å². The van der Waals surface area contributed by atoms with E-state index in [0.29, 0.717) is 0 Å². The third-order valence-electron chi connectivity index (χ3n) is 2.81. The van der Waals surface area contributed by atoms with E-state index < -0.39 is 26.5 Å². The van der Waals surface area contributed by atoms with Crippen molar-refractivity contribution in [3.63, 3.8) is 0 Å². The van der Waals surface area contributed by atoms with E-state index >= 15 is 0 Å². The van der Waals surface area contributed by atoms with Crippen molar-refractivity contribution < 1.29 is 17.9 Å². The van der Waals surface area contributed by atoms with Gasteiger partial charge in [-0.15, -0.1) is 4.40 Å². The van der Waals surface area contributed by atoms with Gasteiger partial charge in [0, 0.05) is 11.4 Å². The van der Waals surface area contributed by atoms with Crippen LogP contribution in [0.5, 0.6) is 0 Å². The fourth-order valence-corrected chi connectivity index (χ4v) is 4.52. The summed E-state index contributed by atoms with van der Waals surface area (Å²) in [6.45, 7) is 3.57. The number of anilines is 1. The molecule has 1 aliphatic rings. The second kappa shape index (κ2) is 7.47. The molecular weight excluding hydrogens is 368 g/mol. The maximum Gasteiger partial charge on any atom is 0.289 e. The lowest BCUT2D eigenvalue weighted by Gasteiger charge is -2.09. The zero-order valence-electron chi connectivity index (χ0n) is 13.6.